The van der Waals surface area contributed by atoms with Crippen LogP contribution in [0.15, 0.2) is 91.6 Å². The van der Waals surface area contributed by atoms with Gasteiger partial charge in [-0.1, -0.05) is 24.3 Å². The number of carbonyl (C=O) groups excluding carboxylic acids is 1. The molecule has 1 aliphatic rings. The molecular formula is C27H16O7. The van der Waals surface area contributed by atoms with Crippen molar-refractivity contribution in [2.75, 3.05) is 0 Å². The minimum Gasteiger partial charge on any atom is -0.508 e. The normalized spacial score (nSPS) is 15.3. The largest absolute Gasteiger partial charge is 0.508 e. The topological polar surface area (TPSA) is 107 Å². The van der Waals surface area contributed by atoms with Gasteiger partial charge >= 0.3 is 5.97 Å². The van der Waals surface area contributed by atoms with Crippen molar-refractivity contribution in [1.82, 2.24) is 0 Å². The Morgan fingerprint density at radius 2 is 1.59 bits per heavy atom. The lowest BCUT2D eigenvalue weighted by Gasteiger charge is -2.25. The molecule has 5 aromatic rings. The molecule has 0 fully saturated rings. The molecule has 0 saturated carbocycles. The molecule has 1 unspecified atom stereocenters. The second-order valence-corrected chi connectivity index (χ2v) is 8.13. The van der Waals surface area contributed by atoms with Crippen molar-refractivity contribution in [1.29, 1.82) is 0 Å². The molecule has 34 heavy (non-hydrogen) atoms. The number of rotatable bonds is 2. The van der Waals surface area contributed by atoms with E-state index in [0.29, 0.717) is 27.7 Å². The lowest BCUT2D eigenvalue weighted by molar-refractivity contribution is -0.135. The van der Waals surface area contributed by atoms with Gasteiger partial charge in [0.25, 0.3) is 0 Å². The molecule has 0 radical (unpaired) electrons. The van der Waals surface area contributed by atoms with Crippen molar-refractivity contribution in [3.63, 3.8) is 0 Å². The van der Waals surface area contributed by atoms with Crippen LogP contribution in [-0.2, 0) is 4.79 Å². The summed E-state index contributed by atoms with van der Waals surface area (Å²) in [6.45, 7) is 0. The zero-order valence-corrected chi connectivity index (χ0v) is 17.6. The summed E-state index contributed by atoms with van der Waals surface area (Å²) in [5, 5.41) is 10.2. The molecule has 2 aromatic heterocycles. The Balaban J connectivity index is 1.59. The van der Waals surface area contributed by atoms with Crippen LogP contribution in [0.4, 0.5) is 0 Å². The van der Waals surface area contributed by atoms with E-state index in [4.69, 9.17) is 13.6 Å². The van der Waals surface area contributed by atoms with Gasteiger partial charge in [-0.2, -0.15) is 0 Å². The van der Waals surface area contributed by atoms with Crippen LogP contribution in [0.5, 0.6) is 11.5 Å². The first-order valence-corrected chi connectivity index (χ1v) is 10.6. The first-order valence-electron chi connectivity index (χ1n) is 10.6. The van der Waals surface area contributed by atoms with Crippen LogP contribution in [0.1, 0.15) is 23.5 Å². The van der Waals surface area contributed by atoms with Crippen molar-refractivity contribution in [2.24, 2.45) is 0 Å². The first-order chi connectivity index (χ1) is 16.5. The summed E-state index contributed by atoms with van der Waals surface area (Å²) in [6.07, 6.45) is 2.60. The predicted molar refractivity (Wildman–Crippen MR) is 124 cm³/mol. The molecule has 0 spiro atoms. The third-order valence-corrected chi connectivity index (χ3v) is 6.14. The van der Waals surface area contributed by atoms with Gasteiger partial charge in [-0.05, 0) is 42.0 Å². The third kappa shape index (κ3) is 3.02. The number of phenols is 1. The van der Waals surface area contributed by atoms with Crippen LogP contribution < -0.4 is 15.6 Å². The fourth-order valence-corrected chi connectivity index (χ4v) is 4.49. The van der Waals surface area contributed by atoms with E-state index < -0.39 is 11.9 Å². The Kier molecular flexibility index (Phi) is 4.38. The lowest BCUT2D eigenvalue weighted by Crippen LogP contribution is -2.25. The van der Waals surface area contributed by atoms with Gasteiger partial charge in [-0.3, -0.25) is 14.4 Å². The van der Waals surface area contributed by atoms with Gasteiger partial charge in [0.05, 0.1) is 29.0 Å². The zero-order valence-electron chi connectivity index (χ0n) is 17.6. The number of para-hydroxylation sites is 1. The van der Waals surface area contributed by atoms with Crippen molar-refractivity contribution in [3.05, 3.63) is 105 Å². The van der Waals surface area contributed by atoms with Crippen LogP contribution in [-0.4, -0.2) is 11.1 Å². The molecule has 1 N–H and O–H groups in total. The molecule has 0 bridgehead atoms. The van der Waals surface area contributed by atoms with Crippen molar-refractivity contribution in [2.45, 2.75) is 12.3 Å². The Labute approximate surface area is 191 Å². The van der Waals surface area contributed by atoms with Crippen LogP contribution in [0.2, 0.25) is 0 Å². The van der Waals surface area contributed by atoms with Gasteiger partial charge in [0.2, 0.25) is 5.43 Å². The number of hydrogen-bond acceptors (Lipinski definition) is 7. The average molecular weight is 452 g/mol. The monoisotopic (exact) mass is 452 g/mol. The summed E-state index contributed by atoms with van der Waals surface area (Å²) in [6, 6.07) is 16.2. The summed E-state index contributed by atoms with van der Waals surface area (Å²) in [5.74, 6) is -0.875. The number of carbonyl (C=O) groups is 1. The van der Waals surface area contributed by atoms with Gasteiger partial charge in [0.1, 0.15) is 28.9 Å². The lowest BCUT2D eigenvalue weighted by atomic mass is 9.85. The molecule has 0 amide bonds. The van der Waals surface area contributed by atoms with Crippen LogP contribution in [0.3, 0.4) is 0 Å². The number of hydrogen-bond donors (Lipinski definition) is 1. The van der Waals surface area contributed by atoms with Gasteiger partial charge < -0.3 is 18.7 Å². The summed E-state index contributed by atoms with van der Waals surface area (Å²) >= 11 is 0. The van der Waals surface area contributed by atoms with Crippen LogP contribution in [0, 0.1) is 0 Å². The highest BCUT2D eigenvalue weighted by molar-refractivity contribution is 5.90. The Bertz CT molecular complexity index is 1730. The molecule has 0 aliphatic carbocycles. The summed E-state index contributed by atoms with van der Waals surface area (Å²) in [5.41, 5.74) is 1.80. The Morgan fingerprint density at radius 1 is 0.794 bits per heavy atom. The van der Waals surface area contributed by atoms with Crippen LogP contribution in [0.25, 0.3) is 33.1 Å². The van der Waals surface area contributed by atoms with E-state index in [2.05, 4.69) is 0 Å². The van der Waals surface area contributed by atoms with E-state index in [-0.39, 0.29) is 45.3 Å². The molecule has 0 saturated heterocycles. The second kappa shape index (κ2) is 7.45. The fraction of sp³-hybridized carbons (Fsp3) is 0.0741. The molecule has 3 heterocycles. The molecule has 7 nitrogen and oxygen atoms in total. The van der Waals surface area contributed by atoms with Crippen LogP contribution >= 0.6 is 0 Å². The van der Waals surface area contributed by atoms with Crippen molar-refractivity contribution < 1.29 is 23.5 Å². The Hall–Kier alpha value is -4.65. The highest BCUT2D eigenvalue weighted by Gasteiger charge is 2.34. The summed E-state index contributed by atoms with van der Waals surface area (Å²) in [7, 11) is 0. The molecule has 7 heteroatoms. The van der Waals surface area contributed by atoms with E-state index in [1.54, 1.807) is 48.5 Å². The number of fused-ring (bicyclic) bond motifs is 4. The Morgan fingerprint density at radius 3 is 2.41 bits per heavy atom. The standard InChI is InChI=1S/C27H16O7/c28-15-7-5-14(6-8-15)19-12-33-27-17(26(19)31)9-10-22-24(27)18(11-23(29)34-22)20-13-32-21-4-2-1-3-16(21)25(20)30/h1-10,12-13,18,28H,11H2. The van der Waals surface area contributed by atoms with Crippen molar-refractivity contribution in [3.8, 4) is 22.6 Å². The minimum absolute atomic E-state index is 0.0851. The predicted octanol–water partition coefficient (Wildman–Crippen LogP) is 4.71. The van der Waals surface area contributed by atoms with Gasteiger partial charge in [-0.25, -0.2) is 0 Å². The maximum Gasteiger partial charge on any atom is 0.312 e. The molecule has 3 aromatic carbocycles. The number of ether oxygens (including phenoxy) is 1. The number of esters is 1. The highest BCUT2D eigenvalue weighted by Crippen LogP contribution is 2.42. The van der Waals surface area contributed by atoms with E-state index >= 15 is 0 Å². The van der Waals surface area contributed by atoms with Crippen molar-refractivity contribution >= 4 is 27.9 Å². The van der Waals surface area contributed by atoms with E-state index in [1.807, 2.05) is 0 Å². The fourth-order valence-electron chi connectivity index (χ4n) is 4.49. The minimum atomic E-state index is -0.705. The van der Waals surface area contributed by atoms with Gasteiger partial charge in [0.15, 0.2) is 5.43 Å². The summed E-state index contributed by atoms with van der Waals surface area (Å²) in [4.78, 5) is 39.0. The zero-order chi connectivity index (χ0) is 23.4. The third-order valence-electron chi connectivity index (χ3n) is 6.14. The maximum atomic E-state index is 13.3. The molecular weight excluding hydrogens is 436 g/mol. The molecule has 6 rings (SSSR count). The SMILES string of the molecule is O=C1CC(c2coc3ccccc3c2=O)c2c(ccc3c(=O)c(-c4ccc(O)cc4)coc23)O1. The highest BCUT2D eigenvalue weighted by atomic mass is 16.5. The van der Waals surface area contributed by atoms with E-state index in [9.17, 15) is 19.5 Å². The first kappa shape index (κ1) is 20.0. The van der Waals surface area contributed by atoms with Gasteiger partial charge in [0, 0.05) is 17.0 Å². The van der Waals surface area contributed by atoms with Gasteiger partial charge in [-0.15, -0.1) is 0 Å². The summed E-state index contributed by atoms with van der Waals surface area (Å²) < 4.78 is 17.0. The molecule has 166 valence electrons. The number of aromatic hydroxyl groups is 1. The molecule has 1 aliphatic heterocycles. The number of phenolic OH excluding ortho intramolecular Hbond substituents is 1. The van der Waals surface area contributed by atoms with E-state index in [1.165, 1.54) is 24.7 Å². The maximum absolute atomic E-state index is 13.3. The smallest absolute Gasteiger partial charge is 0.312 e. The van der Waals surface area contributed by atoms with E-state index in [0.717, 1.165) is 0 Å². The second-order valence-electron chi connectivity index (χ2n) is 8.13. The molecule has 1 atom stereocenters. The quantitative estimate of drug-likeness (QED) is 0.305. The average Bonchev–Trinajstić information content (AvgIpc) is 2.84. The number of benzene rings is 3.